The lowest BCUT2D eigenvalue weighted by molar-refractivity contribution is 0.175. The predicted octanol–water partition coefficient (Wildman–Crippen LogP) is 7.44. The number of ether oxygens (including phenoxy) is 5. The van der Waals surface area contributed by atoms with Crippen LogP contribution in [0.1, 0.15) is 16.7 Å². The molecule has 49 heavy (non-hydrogen) atoms. The summed E-state index contributed by atoms with van der Waals surface area (Å²) < 4.78 is 28.1. The monoisotopic (exact) mass is 662 g/mol. The predicted molar refractivity (Wildman–Crippen MR) is 199 cm³/mol. The summed E-state index contributed by atoms with van der Waals surface area (Å²) in [5, 5.41) is 19.0. The van der Waals surface area contributed by atoms with E-state index in [0.717, 1.165) is 64.5 Å². The number of nitrogens with zero attached hydrogens (tertiary/aromatic N) is 2. The topological polar surface area (TPSA) is 72.9 Å². The molecule has 0 fully saturated rings. The number of likely N-dealkylation sites (N-methyl/N-ethyl adjacent to an activating group) is 2. The molecule has 0 atom stereocenters. The zero-order valence-corrected chi connectivity index (χ0v) is 29.6. The van der Waals surface area contributed by atoms with Crippen molar-refractivity contribution in [3.63, 3.8) is 0 Å². The van der Waals surface area contributed by atoms with Crippen molar-refractivity contribution in [2.24, 2.45) is 0 Å². The highest BCUT2D eigenvalue weighted by Crippen LogP contribution is 2.45. The molecule has 256 valence electrons. The van der Waals surface area contributed by atoms with E-state index in [4.69, 9.17) is 23.7 Å². The van der Waals surface area contributed by atoms with E-state index >= 15 is 0 Å². The van der Waals surface area contributed by atoms with Crippen molar-refractivity contribution < 1.29 is 28.8 Å². The van der Waals surface area contributed by atoms with E-state index in [9.17, 15) is 5.11 Å². The summed E-state index contributed by atoms with van der Waals surface area (Å²) in [7, 11) is 13.2. The molecule has 0 aliphatic carbocycles. The highest BCUT2D eigenvalue weighted by atomic mass is 16.7. The van der Waals surface area contributed by atoms with Gasteiger partial charge >= 0.3 is 0 Å². The number of benzene rings is 6. The average Bonchev–Trinajstić information content (AvgIpc) is 3.60. The summed E-state index contributed by atoms with van der Waals surface area (Å²) in [5.74, 6) is 3.83. The molecule has 6 aromatic carbocycles. The highest BCUT2D eigenvalue weighted by molar-refractivity contribution is 6.14. The summed E-state index contributed by atoms with van der Waals surface area (Å²) in [6, 6.07) is 25.2. The fraction of sp³-hybridized carbons (Fsp3) is 0.317. The average molecular weight is 663 g/mol. The zero-order chi connectivity index (χ0) is 34.7. The molecular weight excluding hydrogens is 616 g/mol. The van der Waals surface area contributed by atoms with Crippen molar-refractivity contribution in [2.45, 2.75) is 19.4 Å². The minimum Gasteiger partial charge on any atom is -0.496 e. The molecule has 8 heteroatoms. The van der Waals surface area contributed by atoms with Crippen LogP contribution in [0.15, 0.2) is 72.8 Å². The Balaban J connectivity index is 0.000000173. The third kappa shape index (κ3) is 6.77. The summed E-state index contributed by atoms with van der Waals surface area (Å²) in [4.78, 5) is 4.36. The second kappa shape index (κ2) is 14.8. The first-order chi connectivity index (χ1) is 23.8. The van der Waals surface area contributed by atoms with Crippen molar-refractivity contribution in [2.75, 3.05) is 69.4 Å². The van der Waals surface area contributed by atoms with Crippen LogP contribution in [0.25, 0.3) is 43.1 Å². The van der Waals surface area contributed by atoms with Crippen LogP contribution in [0, 0.1) is 0 Å². The molecule has 1 aliphatic rings. The molecule has 0 saturated carbocycles. The second-order valence-electron chi connectivity index (χ2n) is 12.9. The molecule has 0 saturated heterocycles. The largest absolute Gasteiger partial charge is 0.496 e. The van der Waals surface area contributed by atoms with Crippen molar-refractivity contribution in [3.05, 3.63) is 89.5 Å². The standard InChI is InChI=1S/C22H27NO4.C19H19NO2/c1-23(2)9-8-15-10-16(13-24)22(27-5)21-17(15)7-6-14-11-19(25-3)20(26-4)12-18(14)21;1-20(2)10-9-14-11-17-19(22-12-21-17)18-15-6-4-3-5-13(15)7-8-16(14)18/h6-7,10-12,24H,8-9,13H2,1-5H3;3-8,11H,9-10,12H2,1-2H3. The molecule has 0 aromatic heterocycles. The van der Waals surface area contributed by atoms with Gasteiger partial charge in [0.15, 0.2) is 23.0 Å². The highest BCUT2D eigenvalue weighted by Gasteiger charge is 2.21. The molecule has 0 unspecified atom stereocenters. The van der Waals surface area contributed by atoms with Crippen LogP contribution in [0.4, 0.5) is 0 Å². The smallest absolute Gasteiger partial charge is 0.231 e. The summed E-state index contributed by atoms with van der Waals surface area (Å²) in [6.07, 6.45) is 1.89. The van der Waals surface area contributed by atoms with Crippen LogP contribution >= 0.6 is 0 Å². The third-order valence-electron chi connectivity index (χ3n) is 9.22. The quantitative estimate of drug-likeness (QED) is 0.152. The van der Waals surface area contributed by atoms with Crippen molar-refractivity contribution in [1.29, 1.82) is 0 Å². The van der Waals surface area contributed by atoms with Crippen LogP contribution in [0.2, 0.25) is 0 Å². The van der Waals surface area contributed by atoms with E-state index in [1.54, 1.807) is 21.3 Å². The summed E-state index contributed by atoms with van der Waals surface area (Å²) >= 11 is 0. The number of hydrogen-bond donors (Lipinski definition) is 1. The number of methoxy groups -OCH3 is 3. The second-order valence-corrected chi connectivity index (χ2v) is 12.9. The van der Waals surface area contributed by atoms with Gasteiger partial charge in [-0.1, -0.05) is 48.5 Å². The summed E-state index contributed by atoms with van der Waals surface area (Å²) in [5.41, 5.74) is 3.31. The first-order valence-electron chi connectivity index (χ1n) is 16.6. The molecule has 7 rings (SSSR count). The van der Waals surface area contributed by atoms with Gasteiger partial charge in [-0.05, 0) is 109 Å². The van der Waals surface area contributed by atoms with Crippen LogP contribution in [0.3, 0.4) is 0 Å². The van der Waals surface area contributed by atoms with Gasteiger partial charge in [0.05, 0.1) is 27.9 Å². The van der Waals surface area contributed by atoms with Crippen molar-refractivity contribution in [3.8, 4) is 28.7 Å². The van der Waals surface area contributed by atoms with Gasteiger partial charge in [-0.15, -0.1) is 0 Å². The van der Waals surface area contributed by atoms with Crippen LogP contribution < -0.4 is 23.7 Å². The number of aliphatic hydroxyl groups excluding tert-OH is 1. The lowest BCUT2D eigenvalue weighted by atomic mass is 9.93. The van der Waals surface area contributed by atoms with E-state index in [1.165, 1.54) is 32.7 Å². The lowest BCUT2D eigenvalue weighted by Gasteiger charge is -2.19. The lowest BCUT2D eigenvalue weighted by Crippen LogP contribution is -2.15. The maximum atomic E-state index is 9.93. The van der Waals surface area contributed by atoms with Gasteiger partial charge in [0, 0.05) is 29.4 Å². The maximum Gasteiger partial charge on any atom is 0.231 e. The Bertz CT molecular complexity index is 2120. The maximum absolute atomic E-state index is 9.93. The number of fused-ring (bicyclic) bond motifs is 8. The molecule has 6 aromatic rings. The van der Waals surface area contributed by atoms with Crippen LogP contribution in [-0.2, 0) is 19.4 Å². The van der Waals surface area contributed by atoms with Gasteiger partial charge in [-0.3, -0.25) is 0 Å². The Hall–Kier alpha value is -4.76. The zero-order valence-electron chi connectivity index (χ0n) is 29.6. The molecule has 1 heterocycles. The molecule has 0 radical (unpaired) electrons. The first-order valence-corrected chi connectivity index (χ1v) is 16.6. The Morgan fingerprint density at radius 1 is 0.612 bits per heavy atom. The normalized spacial score (nSPS) is 12.3. The number of rotatable bonds is 10. The molecular formula is C41H46N2O6. The first kappa shape index (κ1) is 34.1. The van der Waals surface area contributed by atoms with Gasteiger partial charge in [0.25, 0.3) is 0 Å². The minimum absolute atomic E-state index is 0.0717. The Morgan fingerprint density at radius 2 is 1.24 bits per heavy atom. The van der Waals surface area contributed by atoms with Gasteiger partial charge in [0.1, 0.15) is 5.75 Å². The number of hydrogen-bond acceptors (Lipinski definition) is 8. The SMILES string of the molecule is CN(C)CCc1cc2c(c3c1ccc1ccccc13)OCO2.COc1cc2ccc3c(CCN(C)C)cc(CO)c(OC)c3c2cc1OC. The van der Waals surface area contributed by atoms with E-state index in [2.05, 4.69) is 98.7 Å². The van der Waals surface area contributed by atoms with Gasteiger partial charge < -0.3 is 38.6 Å². The Morgan fingerprint density at radius 3 is 1.90 bits per heavy atom. The fourth-order valence-electron chi connectivity index (χ4n) is 6.74. The van der Waals surface area contributed by atoms with Crippen LogP contribution in [-0.4, -0.2) is 84.3 Å². The fourth-order valence-corrected chi connectivity index (χ4v) is 6.74. The van der Waals surface area contributed by atoms with E-state index in [0.29, 0.717) is 24.0 Å². The van der Waals surface area contributed by atoms with E-state index in [-0.39, 0.29) is 6.61 Å². The Labute approximate surface area is 288 Å². The van der Waals surface area contributed by atoms with E-state index in [1.807, 2.05) is 12.1 Å². The molecule has 1 aliphatic heterocycles. The molecule has 8 nitrogen and oxygen atoms in total. The van der Waals surface area contributed by atoms with E-state index < -0.39 is 0 Å². The molecule has 0 amide bonds. The van der Waals surface area contributed by atoms with Gasteiger partial charge in [-0.2, -0.15) is 0 Å². The third-order valence-corrected chi connectivity index (χ3v) is 9.22. The minimum atomic E-state index is -0.0717. The Kier molecular flexibility index (Phi) is 10.3. The molecule has 0 bridgehead atoms. The van der Waals surface area contributed by atoms with Crippen LogP contribution in [0.5, 0.6) is 28.7 Å². The molecule has 1 N–H and O–H groups in total. The van der Waals surface area contributed by atoms with Gasteiger partial charge in [0.2, 0.25) is 6.79 Å². The molecule has 0 spiro atoms. The van der Waals surface area contributed by atoms with Gasteiger partial charge in [-0.25, -0.2) is 0 Å². The summed E-state index contributed by atoms with van der Waals surface area (Å²) in [6.45, 7) is 2.18. The van der Waals surface area contributed by atoms with Crippen molar-refractivity contribution in [1.82, 2.24) is 9.80 Å². The number of aliphatic hydroxyl groups is 1. The van der Waals surface area contributed by atoms with Crippen molar-refractivity contribution >= 4 is 43.1 Å².